The molecule has 2 amide bonds. The van der Waals surface area contributed by atoms with E-state index in [0.717, 1.165) is 18.2 Å². The van der Waals surface area contributed by atoms with Gasteiger partial charge in [0.2, 0.25) is 5.91 Å². The van der Waals surface area contributed by atoms with Gasteiger partial charge in [-0.05, 0) is 24.6 Å². The summed E-state index contributed by atoms with van der Waals surface area (Å²) in [5.74, 6) is -1.28. The second-order valence-corrected chi connectivity index (χ2v) is 7.89. The van der Waals surface area contributed by atoms with Crippen LogP contribution in [-0.2, 0) is 4.79 Å². The summed E-state index contributed by atoms with van der Waals surface area (Å²) in [5, 5.41) is 2.81. The lowest BCUT2D eigenvalue weighted by Gasteiger charge is -2.47. The van der Waals surface area contributed by atoms with Gasteiger partial charge in [-0.2, -0.15) is 0 Å². The van der Waals surface area contributed by atoms with E-state index in [1.54, 1.807) is 0 Å². The number of benzene rings is 1. The van der Waals surface area contributed by atoms with Crippen molar-refractivity contribution in [2.24, 2.45) is 0 Å². The van der Waals surface area contributed by atoms with Crippen molar-refractivity contribution in [3.05, 3.63) is 28.6 Å². The molecule has 0 radical (unpaired) electrons. The number of alkyl halides is 5. The predicted molar refractivity (Wildman–Crippen MR) is 89.5 cm³/mol. The number of thiophene rings is 1. The minimum atomic E-state index is -4.91. The Morgan fingerprint density at radius 1 is 1.29 bits per heavy atom. The van der Waals surface area contributed by atoms with Crippen molar-refractivity contribution in [2.75, 3.05) is 13.1 Å². The average Bonchev–Trinajstić information content (AvgIpc) is 3.11. The van der Waals surface area contributed by atoms with Crippen LogP contribution in [0, 0.1) is 0 Å². The molecule has 0 bridgehead atoms. The van der Waals surface area contributed by atoms with Gasteiger partial charge < -0.3 is 15.0 Å². The summed E-state index contributed by atoms with van der Waals surface area (Å²) in [7, 11) is 0. The van der Waals surface area contributed by atoms with Gasteiger partial charge >= 0.3 is 6.36 Å². The third-order valence-electron chi connectivity index (χ3n) is 4.86. The summed E-state index contributed by atoms with van der Waals surface area (Å²) in [6.45, 7) is 0.438. The Bertz CT molecular complexity index is 966. The Morgan fingerprint density at radius 3 is 2.57 bits per heavy atom. The van der Waals surface area contributed by atoms with Crippen LogP contribution < -0.4 is 10.1 Å². The van der Waals surface area contributed by atoms with Crippen LogP contribution in [-0.4, -0.2) is 41.7 Å². The highest BCUT2D eigenvalue weighted by Crippen LogP contribution is 2.42. The quantitative estimate of drug-likeness (QED) is 0.768. The third kappa shape index (κ3) is 3.27. The molecule has 1 spiro atoms. The van der Waals surface area contributed by atoms with E-state index in [4.69, 9.17) is 0 Å². The van der Waals surface area contributed by atoms with Crippen LogP contribution in [0.4, 0.5) is 22.0 Å². The van der Waals surface area contributed by atoms with Gasteiger partial charge in [-0.25, -0.2) is 8.78 Å². The number of carbonyl (C=O) groups is 2. The standard InChI is InChI=1S/C17H13F5N2O3S/c18-14(19)12-9-2-1-8(27-17(20,21)22)5-10(9)28-13(12)15(26)24-6-16(7-24)4-3-11(25)23-16/h1-2,5,14H,3-4,6-7H2,(H,23,25). The van der Waals surface area contributed by atoms with Crippen LogP contribution in [0.2, 0.25) is 0 Å². The van der Waals surface area contributed by atoms with Gasteiger partial charge in [0.25, 0.3) is 12.3 Å². The summed E-state index contributed by atoms with van der Waals surface area (Å²) in [6.07, 6.45) is -6.95. The topological polar surface area (TPSA) is 58.6 Å². The molecule has 0 aliphatic carbocycles. The molecular formula is C17H13F5N2O3S. The molecule has 0 atom stereocenters. The van der Waals surface area contributed by atoms with Crippen molar-refractivity contribution in [1.29, 1.82) is 0 Å². The van der Waals surface area contributed by atoms with E-state index >= 15 is 0 Å². The molecular weight excluding hydrogens is 407 g/mol. The molecule has 1 N–H and O–H groups in total. The maximum Gasteiger partial charge on any atom is 0.573 e. The van der Waals surface area contributed by atoms with Crippen LogP contribution in [0.5, 0.6) is 5.75 Å². The highest BCUT2D eigenvalue weighted by molar-refractivity contribution is 7.21. The van der Waals surface area contributed by atoms with Crippen molar-refractivity contribution in [1.82, 2.24) is 10.2 Å². The summed E-state index contributed by atoms with van der Waals surface area (Å²) in [6, 6.07) is 3.03. The van der Waals surface area contributed by atoms with E-state index in [1.807, 2.05) is 0 Å². The fourth-order valence-corrected chi connectivity index (χ4v) is 4.86. The highest BCUT2D eigenvalue weighted by atomic mass is 32.1. The second kappa shape index (κ2) is 6.29. The van der Waals surface area contributed by atoms with Crippen LogP contribution in [0.1, 0.15) is 34.5 Å². The molecule has 2 aliphatic rings. The SMILES string of the molecule is O=C1CCC2(CN(C(=O)c3sc4cc(OC(F)(F)F)ccc4c3C(F)F)C2)N1. The molecule has 2 fully saturated rings. The number of hydrogen-bond acceptors (Lipinski definition) is 4. The first-order valence-corrected chi connectivity index (χ1v) is 9.09. The molecule has 4 rings (SSSR count). The normalized spacial score (nSPS) is 18.6. The maximum atomic E-state index is 13.6. The highest BCUT2D eigenvalue weighted by Gasteiger charge is 2.50. The number of carbonyl (C=O) groups excluding carboxylic acids is 2. The van der Waals surface area contributed by atoms with Crippen molar-refractivity contribution in [3.8, 4) is 5.75 Å². The minimum Gasteiger partial charge on any atom is -0.406 e. The fourth-order valence-electron chi connectivity index (χ4n) is 3.65. The Balaban J connectivity index is 1.63. The smallest absolute Gasteiger partial charge is 0.406 e. The zero-order valence-corrected chi connectivity index (χ0v) is 14.9. The molecule has 2 saturated heterocycles. The van der Waals surface area contributed by atoms with E-state index in [2.05, 4.69) is 10.1 Å². The second-order valence-electron chi connectivity index (χ2n) is 6.84. The Morgan fingerprint density at radius 2 is 2.00 bits per heavy atom. The first-order valence-electron chi connectivity index (χ1n) is 8.28. The largest absolute Gasteiger partial charge is 0.573 e. The molecule has 2 aliphatic heterocycles. The number of nitrogens with zero attached hydrogens (tertiary/aromatic N) is 1. The molecule has 1 aromatic carbocycles. The zero-order valence-electron chi connectivity index (χ0n) is 14.1. The minimum absolute atomic E-state index is 0.0160. The monoisotopic (exact) mass is 420 g/mol. The molecule has 5 nitrogen and oxygen atoms in total. The van der Waals surface area contributed by atoms with E-state index in [-0.39, 0.29) is 34.0 Å². The van der Waals surface area contributed by atoms with E-state index in [1.165, 1.54) is 4.90 Å². The number of halogens is 5. The maximum absolute atomic E-state index is 13.6. The van der Waals surface area contributed by atoms with Gasteiger partial charge in [-0.15, -0.1) is 24.5 Å². The fraction of sp³-hybridized carbons (Fsp3) is 0.412. The van der Waals surface area contributed by atoms with Crippen LogP contribution in [0.25, 0.3) is 10.1 Å². The lowest BCUT2D eigenvalue weighted by molar-refractivity contribution is -0.274. The summed E-state index contributed by atoms with van der Waals surface area (Å²) in [4.78, 5) is 25.3. The van der Waals surface area contributed by atoms with Gasteiger partial charge in [-0.3, -0.25) is 9.59 Å². The van der Waals surface area contributed by atoms with Gasteiger partial charge in [0.05, 0.1) is 5.54 Å². The number of hydrogen-bond donors (Lipinski definition) is 1. The van der Waals surface area contributed by atoms with Crippen LogP contribution >= 0.6 is 11.3 Å². The number of rotatable bonds is 3. The van der Waals surface area contributed by atoms with E-state index in [0.29, 0.717) is 24.2 Å². The first-order chi connectivity index (χ1) is 13.1. The number of fused-ring (bicyclic) bond motifs is 1. The number of nitrogens with one attached hydrogen (secondary N) is 1. The molecule has 3 heterocycles. The van der Waals surface area contributed by atoms with Crippen LogP contribution in [0.3, 0.4) is 0 Å². The Kier molecular flexibility index (Phi) is 4.25. The lowest BCUT2D eigenvalue weighted by Crippen LogP contribution is -2.68. The molecule has 2 aromatic rings. The molecule has 28 heavy (non-hydrogen) atoms. The molecule has 0 unspecified atom stereocenters. The summed E-state index contributed by atoms with van der Waals surface area (Å²) in [5.41, 5.74) is -0.998. The Hall–Kier alpha value is -2.43. The molecule has 1 aromatic heterocycles. The van der Waals surface area contributed by atoms with E-state index < -0.39 is 35.5 Å². The number of likely N-dealkylation sites (tertiary alicyclic amines) is 1. The number of ether oxygens (including phenoxy) is 1. The van der Waals surface area contributed by atoms with Gasteiger partial charge in [0, 0.05) is 35.2 Å². The van der Waals surface area contributed by atoms with Crippen LogP contribution in [0.15, 0.2) is 18.2 Å². The molecule has 0 saturated carbocycles. The van der Waals surface area contributed by atoms with E-state index in [9.17, 15) is 31.5 Å². The van der Waals surface area contributed by atoms with Gasteiger partial charge in [0.15, 0.2) is 0 Å². The van der Waals surface area contributed by atoms with Crippen molar-refractivity contribution in [3.63, 3.8) is 0 Å². The lowest BCUT2D eigenvalue weighted by atomic mass is 9.88. The Labute approximate surface area is 159 Å². The molecule has 11 heteroatoms. The molecule has 150 valence electrons. The predicted octanol–water partition coefficient (Wildman–Crippen LogP) is 3.84. The van der Waals surface area contributed by atoms with Crippen molar-refractivity contribution >= 4 is 33.2 Å². The third-order valence-corrected chi connectivity index (χ3v) is 6.01. The summed E-state index contributed by atoms with van der Waals surface area (Å²) >= 11 is 0.704. The number of amides is 2. The zero-order chi connectivity index (χ0) is 20.3. The van der Waals surface area contributed by atoms with Gasteiger partial charge in [0.1, 0.15) is 10.6 Å². The first kappa shape index (κ1) is 18.9. The van der Waals surface area contributed by atoms with Gasteiger partial charge in [-0.1, -0.05) is 0 Å². The van der Waals surface area contributed by atoms with Crippen molar-refractivity contribution in [2.45, 2.75) is 31.2 Å². The average molecular weight is 420 g/mol. The van der Waals surface area contributed by atoms with Crippen molar-refractivity contribution < 1.29 is 36.3 Å². The summed E-state index contributed by atoms with van der Waals surface area (Å²) < 4.78 is 68.3.